The molecule has 0 aliphatic rings. The molecule has 3 aromatic rings. The Kier molecular flexibility index (Phi) is 2.54. The van der Waals surface area contributed by atoms with Crippen molar-refractivity contribution in [3.63, 3.8) is 0 Å². The molecule has 3 aromatic heterocycles. The first kappa shape index (κ1) is 11.1. The van der Waals surface area contributed by atoms with Crippen molar-refractivity contribution in [1.82, 2.24) is 20.1 Å². The summed E-state index contributed by atoms with van der Waals surface area (Å²) in [5, 5.41) is 12.5. The van der Waals surface area contributed by atoms with Crippen molar-refractivity contribution in [2.75, 3.05) is 0 Å². The molecule has 3 rings (SSSR count). The zero-order valence-corrected chi connectivity index (χ0v) is 9.46. The Morgan fingerprint density at radius 1 is 1.37 bits per heavy atom. The maximum Gasteiger partial charge on any atom is 0.274 e. The number of nitrogens with one attached hydrogen (secondary N) is 1. The van der Waals surface area contributed by atoms with Crippen LogP contribution in [0.3, 0.4) is 0 Å². The maximum atomic E-state index is 12.8. The van der Waals surface area contributed by atoms with Gasteiger partial charge in [0.05, 0.1) is 11.8 Å². The molecule has 0 unspecified atom stereocenters. The van der Waals surface area contributed by atoms with Gasteiger partial charge in [0.2, 0.25) is 5.82 Å². The van der Waals surface area contributed by atoms with Crippen molar-refractivity contribution < 1.29 is 8.91 Å². The van der Waals surface area contributed by atoms with Crippen molar-refractivity contribution in [3.8, 4) is 29.2 Å². The van der Waals surface area contributed by atoms with Crippen LogP contribution >= 0.6 is 0 Å². The van der Waals surface area contributed by atoms with E-state index in [1.807, 2.05) is 6.07 Å². The summed E-state index contributed by atoms with van der Waals surface area (Å²) < 4.78 is 17.8. The monoisotopic (exact) mass is 255 g/mol. The highest BCUT2D eigenvalue weighted by atomic mass is 19.1. The average Bonchev–Trinajstić information content (AvgIpc) is 3.08. The first-order chi connectivity index (χ1) is 9.26. The van der Waals surface area contributed by atoms with Gasteiger partial charge in [-0.05, 0) is 18.2 Å². The second-order valence-corrected chi connectivity index (χ2v) is 3.70. The molecule has 19 heavy (non-hydrogen) atoms. The molecule has 0 aromatic carbocycles. The normalized spacial score (nSPS) is 10.3. The van der Waals surface area contributed by atoms with Crippen molar-refractivity contribution in [1.29, 1.82) is 5.26 Å². The second-order valence-electron chi connectivity index (χ2n) is 3.70. The second kappa shape index (κ2) is 4.34. The third-order valence-corrected chi connectivity index (χ3v) is 2.43. The molecule has 6 nitrogen and oxygen atoms in total. The summed E-state index contributed by atoms with van der Waals surface area (Å²) in [6.07, 6.45) is 2.61. The molecule has 1 N–H and O–H groups in total. The smallest absolute Gasteiger partial charge is 0.274 e. The van der Waals surface area contributed by atoms with Crippen molar-refractivity contribution in [3.05, 3.63) is 42.0 Å². The summed E-state index contributed by atoms with van der Waals surface area (Å²) in [5.74, 6) is 0.0567. The Morgan fingerprint density at radius 2 is 2.26 bits per heavy atom. The molecule has 0 aliphatic heterocycles. The molecular weight excluding hydrogens is 249 g/mol. The minimum Gasteiger partial charge on any atom is -0.356 e. The van der Waals surface area contributed by atoms with E-state index in [9.17, 15) is 4.39 Å². The van der Waals surface area contributed by atoms with E-state index < -0.39 is 5.82 Å². The van der Waals surface area contributed by atoms with Gasteiger partial charge in [0.25, 0.3) is 5.89 Å². The average molecular weight is 255 g/mol. The van der Waals surface area contributed by atoms with E-state index in [1.54, 1.807) is 6.07 Å². The molecule has 0 aliphatic carbocycles. The lowest BCUT2D eigenvalue weighted by atomic mass is 10.3. The van der Waals surface area contributed by atoms with Crippen LogP contribution in [0.15, 0.2) is 35.1 Å². The highest BCUT2D eigenvalue weighted by Gasteiger charge is 2.13. The highest BCUT2D eigenvalue weighted by molar-refractivity contribution is 5.56. The summed E-state index contributed by atoms with van der Waals surface area (Å²) in [6.45, 7) is 0. The van der Waals surface area contributed by atoms with Crippen LogP contribution < -0.4 is 0 Å². The Hall–Kier alpha value is -3.01. The zero-order valence-electron chi connectivity index (χ0n) is 9.46. The fourth-order valence-corrected chi connectivity index (χ4v) is 1.53. The van der Waals surface area contributed by atoms with Crippen LogP contribution in [0.25, 0.3) is 23.1 Å². The molecule has 0 amide bonds. The lowest BCUT2D eigenvalue weighted by Gasteiger charge is -1.91. The van der Waals surface area contributed by atoms with Gasteiger partial charge in [-0.1, -0.05) is 5.16 Å². The maximum absolute atomic E-state index is 12.8. The minimum absolute atomic E-state index is 0.239. The van der Waals surface area contributed by atoms with Crippen LogP contribution in [0.5, 0.6) is 0 Å². The summed E-state index contributed by atoms with van der Waals surface area (Å²) in [5.41, 5.74) is 1.41. The van der Waals surface area contributed by atoms with Gasteiger partial charge in [0.1, 0.15) is 23.3 Å². The summed E-state index contributed by atoms with van der Waals surface area (Å²) in [6, 6.07) is 6.30. The molecule has 0 spiro atoms. The molecule has 3 heterocycles. The first-order valence-corrected chi connectivity index (χ1v) is 5.31. The van der Waals surface area contributed by atoms with Gasteiger partial charge in [-0.2, -0.15) is 10.2 Å². The number of H-pyrrole nitrogens is 1. The zero-order chi connectivity index (χ0) is 13.2. The lowest BCUT2D eigenvalue weighted by molar-refractivity contribution is 0.431. The number of pyridine rings is 1. The summed E-state index contributed by atoms with van der Waals surface area (Å²) >= 11 is 0. The molecule has 0 saturated heterocycles. The SMILES string of the molecule is N#Cc1c[nH]c(-c2nc(-c3ccc(F)cn3)no2)c1. The summed E-state index contributed by atoms with van der Waals surface area (Å²) in [7, 11) is 0. The molecule has 7 heteroatoms. The Bertz CT molecular complexity index is 753. The quantitative estimate of drug-likeness (QED) is 0.757. The van der Waals surface area contributed by atoms with Crippen LogP contribution in [-0.2, 0) is 0 Å². The molecule has 92 valence electrons. The van der Waals surface area contributed by atoms with Gasteiger partial charge in [0, 0.05) is 6.20 Å². The van der Waals surface area contributed by atoms with Crippen molar-refractivity contribution >= 4 is 0 Å². The standard InChI is InChI=1S/C12H6FN5O/c13-8-1-2-9(16-6-8)11-17-12(19-18-11)10-3-7(4-14)5-15-10/h1-3,5-6,15H. The molecule has 0 radical (unpaired) electrons. The van der Waals surface area contributed by atoms with Gasteiger partial charge >= 0.3 is 0 Å². The fourth-order valence-electron chi connectivity index (χ4n) is 1.53. The number of aromatic nitrogens is 4. The van der Waals surface area contributed by atoms with Crippen molar-refractivity contribution in [2.24, 2.45) is 0 Å². The van der Waals surface area contributed by atoms with E-state index >= 15 is 0 Å². The van der Waals surface area contributed by atoms with Crippen LogP contribution in [0.2, 0.25) is 0 Å². The van der Waals surface area contributed by atoms with Gasteiger partial charge in [-0.15, -0.1) is 0 Å². The molecule has 0 fully saturated rings. The number of nitrogens with zero attached hydrogens (tertiary/aromatic N) is 4. The van der Waals surface area contributed by atoms with E-state index in [-0.39, 0.29) is 11.7 Å². The minimum atomic E-state index is -0.435. The van der Waals surface area contributed by atoms with Crippen LogP contribution in [0, 0.1) is 17.1 Å². The molecule has 0 atom stereocenters. The van der Waals surface area contributed by atoms with E-state index in [4.69, 9.17) is 9.78 Å². The summed E-state index contributed by atoms with van der Waals surface area (Å²) in [4.78, 5) is 10.8. The van der Waals surface area contributed by atoms with E-state index in [0.29, 0.717) is 17.0 Å². The predicted octanol–water partition coefficient (Wildman–Crippen LogP) is 2.14. The lowest BCUT2D eigenvalue weighted by Crippen LogP contribution is -1.86. The first-order valence-electron chi connectivity index (χ1n) is 5.31. The van der Waals surface area contributed by atoms with Crippen LogP contribution in [0.1, 0.15) is 5.56 Å². The fraction of sp³-hybridized carbons (Fsp3) is 0. The van der Waals surface area contributed by atoms with E-state index in [1.165, 1.54) is 18.3 Å². The van der Waals surface area contributed by atoms with Gasteiger partial charge in [0.15, 0.2) is 0 Å². The number of rotatable bonds is 2. The largest absolute Gasteiger partial charge is 0.356 e. The van der Waals surface area contributed by atoms with E-state index in [2.05, 4.69) is 20.1 Å². The number of hydrogen-bond acceptors (Lipinski definition) is 5. The van der Waals surface area contributed by atoms with Gasteiger partial charge < -0.3 is 9.51 Å². The number of aromatic amines is 1. The third-order valence-electron chi connectivity index (χ3n) is 2.43. The van der Waals surface area contributed by atoms with E-state index in [0.717, 1.165) is 6.20 Å². The Labute approximate surface area is 106 Å². The molecule has 0 saturated carbocycles. The predicted molar refractivity (Wildman–Crippen MR) is 62.0 cm³/mol. The van der Waals surface area contributed by atoms with Gasteiger partial charge in [-0.25, -0.2) is 9.37 Å². The number of hydrogen-bond donors (Lipinski definition) is 1. The Balaban J connectivity index is 1.95. The van der Waals surface area contributed by atoms with Crippen LogP contribution in [-0.4, -0.2) is 20.1 Å². The number of nitriles is 1. The topological polar surface area (TPSA) is 91.4 Å². The van der Waals surface area contributed by atoms with Gasteiger partial charge in [-0.3, -0.25) is 0 Å². The van der Waals surface area contributed by atoms with Crippen LogP contribution in [0.4, 0.5) is 4.39 Å². The van der Waals surface area contributed by atoms with Crippen molar-refractivity contribution in [2.45, 2.75) is 0 Å². The molecule has 0 bridgehead atoms. The highest BCUT2D eigenvalue weighted by Crippen LogP contribution is 2.20. The Morgan fingerprint density at radius 3 is 2.95 bits per heavy atom. The molecular formula is C12H6FN5O. The third kappa shape index (κ3) is 2.07. The number of halogens is 1.